The van der Waals surface area contributed by atoms with Crippen molar-refractivity contribution in [2.75, 3.05) is 33.8 Å². The smallest absolute Gasteiger partial charge is 0.272 e. The molecule has 0 heterocycles. The van der Waals surface area contributed by atoms with Crippen molar-refractivity contribution >= 4 is 35.4 Å². The molecule has 4 aromatic carbocycles. The predicted octanol–water partition coefficient (Wildman–Crippen LogP) is 6.03. The summed E-state index contributed by atoms with van der Waals surface area (Å²) < 4.78 is 21.4. The maximum atomic E-state index is 13.5. The van der Waals surface area contributed by atoms with Crippen LogP contribution < -0.4 is 29.6 Å². The highest BCUT2D eigenvalue weighted by Crippen LogP contribution is 2.38. The molecule has 9 nitrogen and oxygen atoms in total. The molecule has 2 N–H and O–H groups in total. The molecule has 9 heteroatoms. The minimum atomic E-state index is -0.582. The molecule has 0 spiro atoms. The Morgan fingerprint density at radius 2 is 1.30 bits per heavy atom. The molecule has 0 radical (unpaired) electrons. The van der Waals surface area contributed by atoms with Gasteiger partial charge in [0, 0.05) is 16.8 Å². The average Bonchev–Trinajstić information content (AvgIpc) is 3.07. The van der Waals surface area contributed by atoms with E-state index in [4.69, 9.17) is 18.9 Å². The van der Waals surface area contributed by atoms with Gasteiger partial charge in [0.25, 0.3) is 11.8 Å². The molecule has 4 rings (SSSR count). The number of benzene rings is 4. The third-order valence-electron chi connectivity index (χ3n) is 6.50. The Kier molecular flexibility index (Phi) is 10.5. The summed E-state index contributed by atoms with van der Waals surface area (Å²) in [5.74, 6) is 0.636. The number of carbonyl (C=O) groups excluding carboxylic acids is 3. The molecule has 0 saturated heterocycles. The number of anilines is 1. The standard InChI is InChI=1S/C35H32N2O7/c1-41-28-17-10-23(11-18-28)12-19-30(38)25-13-15-27(16-14-25)36-35(40)29(37-34(39)26-8-6-5-7-9-26)20-24-21-31(42-2)33(44-4)32(22-24)43-3/h5-22H,1-4H3,(H,36,40)(H,37,39)/b19-12+,29-20-. The lowest BCUT2D eigenvalue weighted by Gasteiger charge is -2.14. The van der Waals surface area contributed by atoms with Gasteiger partial charge in [-0.3, -0.25) is 14.4 Å². The van der Waals surface area contributed by atoms with Gasteiger partial charge in [-0.2, -0.15) is 0 Å². The minimum Gasteiger partial charge on any atom is -0.497 e. The van der Waals surface area contributed by atoms with Gasteiger partial charge in [-0.15, -0.1) is 0 Å². The topological polar surface area (TPSA) is 112 Å². The zero-order valence-electron chi connectivity index (χ0n) is 24.8. The van der Waals surface area contributed by atoms with Gasteiger partial charge in [0.15, 0.2) is 17.3 Å². The molecule has 0 aliphatic carbocycles. The lowest BCUT2D eigenvalue weighted by molar-refractivity contribution is -0.113. The van der Waals surface area contributed by atoms with Gasteiger partial charge >= 0.3 is 0 Å². The molecule has 0 unspecified atom stereocenters. The van der Waals surface area contributed by atoms with Crippen molar-refractivity contribution in [2.45, 2.75) is 0 Å². The summed E-state index contributed by atoms with van der Waals surface area (Å²) in [5.41, 5.74) is 2.58. The Hall–Kier alpha value is -5.83. The van der Waals surface area contributed by atoms with Crippen LogP contribution in [0.4, 0.5) is 5.69 Å². The molecule has 44 heavy (non-hydrogen) atoms. The van der Waals surface area contributed by atoms with Crippen LogP contribution in [-0.2, 0) is 4.79 Å². The zero-order valence-corrected chi connectivity index (χ0v) is 24.8. The molecule has 0 aliphatic rings. The molecule has 0 fully saturated rings. The second-order valence-corrected chi connectivity index (χ2v) is 9.34. The molecule has 4 aromatic rings. The van der Waals surface area contributed by atoms with Crippen molar-refractivity contribution < 1.29 is 33.3 Å². The number of carbonyl (C=O) groups is 3. The van der Waals surface area contributed by atoms with E-state index >= 15 is 0 Å². The fourth-order valence-electron chi connectivity index (χ4n) is 4.19. The third kappa shape index (κ3) is 7.92. The summed E-state index contributed by atoms with van der Waals surface area (Å²) in [6.45, 7) is 0. The fraction of sp³-hybridized carbons (Fsp3) is 0.114. The van der Waals surface area contributed by atoms with E-state index in [1.54, 1.807) is 79.9 Å². The van der Waals surface area contributed by atoms with Crippen molar-refractivity contribution in [2.24, 2.45) is 0 Å². The molecule has 0 saturated carbocycles. The van der Waals surface area contributed by atoms with Gasteiger partial charge in [-0.1, -0.05) is 36.4 Å². The van der Waals surface area contributed by atoms with E-state index in [0.717, 1.165) is 11.3 Å². The lowest BCUT2D eigenvalue weighted by atomic mass is 10.1. The van der Waals surface area contributed by atoms with Gasteiger partial charge in [-0.05, 0) is 83.9 Å². The Bertz CT molecular complexity index is 1650. The third-order valence-corrected chi connectivity index (χ3v) is 6.50. The Labute approximate surface area is 255 Å². The fourth-order valence-corrected chi connectivity index (χ4v) is 4.19. The van der Waals surface area contributed by atoms with Crippen molar-refractivity contribution in [1.82, 2.24) is 5.32 Å². The Balaban J connectivity index is 1.56. The second-order valence-electron chi connectivity index (χ2n) is 9.34. The summed E-state index contributed by atoms with van der Waals surface area (Å²) in [6.07, 6.45) is 4.70. The summed E-state index contributed by atoms with van der Waals surface area (Å²) >= 11 is 0. The zero-order chi connectivity index (χ0) is 31.5. The SMILES string of the molecule is COc1ccc(/C=C/C(=O)c2ccc(NC(=O)/C(=C/c3cc(OC)c(OC)c(OC)c3)NC(=O)c3ccccc3)cc2)cc1. The maximum Gasteiger partial charge on any atom is 0.272 e. The van der Waals surface area contributed by atoms with Gasteiger partial charge in [0.05, 0.1) is 28.4 Å². The van der Waals surface area contributed by atoms with E-state index in [9.17, 15) is 14.4 Å². The summed E-state index contributed by atoms with van der Waals surface area (Å²) in [7, 11) is 6.05. The van der Waals surface area contributed by atoms with Crippen LogP contribution in [0.3, 0.4) is 0 Å². The molecule has 0 bridgehead atoms. The van der Waals surface area contributed by atoms with Crippen LogP contribution in [0, 0.1) is 0 Å². The van der Waals surface area contributed by atoms with Crippen molar-refractivity contribution in [3.05, 3.63) is 125 Å². The molecule has 224 valence electrons. The molecular weight excluding hydrogens is 560 g/mol. The summed E-state index contributed by atoms with van der Waals surface area (Å²) in [4.78, 5) is 39.2. The number of nitrogens with one attached hydrogen (secondary N) is 2. The number of amides is 2. The van der Waals surface area contributed by atoms with Crippen molar-refractivity contribution in [3.63, 3.8) is 0 Å². The van der Waals surface area contributed by atoms with Crippen LogP contribution >= 0.6 is 0 Å². The first kappa shape index (κ1) is 31.1. The van der Waals surface area contributed by atoms with Gasteiger partial charge < -0.3 is 29.6 Å². The lowest BCUT2D eigenvalue weighted by Crippen LogP contribution is -2.30. The first-order valence-corrected chi connectivity index (χ1v) is 13.5. The first-order chi connectivity index (χ1) is 21.3. The van der Waals surface area contributed by atoms with Crippen molar-refractivity contribution in [3.8, 4) is 23.0 Å². The summed E-state index contributed by atoms with van der Waals surface area (Å²) in [5, 5.41) is 5.48. The van der Waals surface area contributed by atoms with E-state index in [-0.39, 0.29) is 11.5 Å². The van der Waals surface area contributed by atoms with E-state index in [1.165, 1.54) is 33.5 Å². The highest BCUT2D eigenvalue weighted by atomic mass is 16.5. The van der Waals surface area contributed by atoms with Crippen molar-refractivity contribution in [1.29, 1.82) is 0 Å². The number of allylic oxidation sites excluding steroid dienone is 1. The molecular formula is C35H32N2O7. The van der Waals surface area contributed by atoms with Crippen LogP contribution in [0.15, 0.2) is 103 Å². The number of hydrogen-bond acceptors (Lipinski definition) is 7. The minimum absolute atomic E-state index is 0.0318. The Morgan fingerprint density at radius 1 is 0.659 bits per heavy atom. The van der Waals surface area contributed by atoms with E-state index < -0.39 is 11.8 Å². The predicted molar refractivity (Wildman–Crippen MR) is 169 cm³/mol. The van der Waals surface area contributed by atoms with Crippen LogP contribution in [0.25, 0.3) is 12.2 Å². The van der Waals surface area contributed by atoms with Crippen LogP contribution in [0.2, 0.25) is 0 Å². The van der Waals surface area contributed by atoms with E-state index in [2.05, 4.69) is 10.6 Å². The summed E-state index contributed by atoms with van der Waals surface area (Å²) in [6, 6.07) is 25.6. The van der Waals surface area contributed by atoms with Gasteiger partial charge in [0.1, 0.15) is 11.4 Å². The molecule has 2 amide bonds. The molecule has 0 atom stereocenters. The highest BCUT2D eigenvalue weighted by molar-refractivity contribution is 6.11. The quantitative estimate of drug-likeness (QED) is 0.153. The van der Waals surface area contributed by atoms with Gasteiger partial charge in [0.2, 0.25) is 5.75 Å². The van der Waals surface area contributed by atoms with E-state index in [0.29, 0.717) is 39.6 Å². The van der Waals surface area contributed by atoms with Crippen LogP contribution in [0.1, 0.15) is 31.8 Å². The maximum absolute atomic E-state index is 13.5. The number of ketones is 1. The molecule has 0 aromatic heterocycles. The number of methoxy groups -OCH3 is 4. The largest absolute Gasteiger partial charge is 0.497 e. The number of hydrogen-bond donors (Lipinski definition) is 2. The second kappa shape index (κ2) is 14.9. The monoisotopic (exact) mass is 592 g/mol. The van der Waals surface area contributed by atoms with Crippen LogP contribution in [-0.4, -0.2) is 46.0 Å². The highest BCUT2D eigenvalue weighted by Gasteiger charge is 2.18. The number of rotatable bonds is 12. The van der Waals surface area contributed by atoms with Crippen LogP contribution in [0.5, 0.6) is 23.0 Å². The normalized spacial score (nSPS) is 11.0. The molecule has 0 aliphatic heterocycles. The first-order valence-electron chi connectivity index (χ1n) is 13.5. The van der Waals surface area contributed by atoms with E-state index in [1.807, 2.05) is 24.3 Å². The Morgan fingerprint density at radius 3 is 1.86 bits per heavy atom. The average molecular weight is 593 g/mol. The van der Waals surface area contributed by atoms with Gasteiger partial charge in [-0.25, -0.2) is 0 Å². The number of ether oxygens (including phenoxy) is 4.